The second-order valence-corrected chi connectivity index (χ2v) is 4.73. The van der Waals surface area contributed by atoms with Gasteiger partial charge in [0.15, 0.2) is 0 Å². The quantitative estimate of drug-likeness (QED) is 0.745. The number of aliphatic hydroxyl groups is 1. The van der Waals surface area contributed by atoms with Crippen LogP contribution >= 0.6 is 23.1 Å². The van der Waals surface area contributed by atoms with Crippen LogP contribution in [0.15, 0.2) is 10.9 Å². The predicted octanol–water partition coefficient (Wildman–Crippen LogP) is 1.35. The van der Waals surface area contributed by atoms with Crippen LogP contribution in [0.5, 0.6) is 0 Å². The maximum absolute atomic E-state index is 9.09. The first-order valence-electron chi connectivity index (χ1n) is 4.57. The molecule has 1 heterocycles. The summed E-state index contributed by atoms with van der Waals surface area (Å²) in [6.45, 7) is 0.952. The average molecular weight is 232 g/mol. The lowest BCUT2D eigenvalue weighted by Gasteiger charge is -2.14. The molecule has 5 heteroatoms. The summed E-state index contributed by atoms with van der Waals surface area (Å²) in [6, 6.07) is 0.198. The number of aromatic nitrogens is 1. The van der Waals surface area contributed by atoms with E-state index in [-0.39, 0.29) is 12.6 Å². The molecule has 1 aromatic heterocycles. The van der Waals surface area contributed by atoms with Gasteiger partial charge in [-0.1, -0.05) is 0 Å². The Hall–Kier alpha value is -0.100. The van der Waals surface area contributed by atoms with Crippen molar-refractivity contribution in [3.63, 3.8) is 0 Å². The molecule has 0 aliphatic rings. The van der Waals surface area contributed by atoms with E-state index in [0.29, 0.717) is 0 Å². The summed E-state index contributed by atoms with van der Waals surface area (Å²) in [5.74, 6) is 1.08. The van der Waals surface area contributed by atoms with Crippen LogP contribution in [-0.4, -0.2) is 34.7 Å². The van der Waals surface area contributed by atoms with Gasteiger partial charge in [-0.05, 0) is 18.4 Å². The molecule has 14 heavy (non-hydrogen) atoms. The van der Waals surface area contributed by atoms with Gasteiger partial charge in [-0.15, -0.1) is 11.3 Å². The number of nitrogens with one attached hydrogen (secondary N) is 1. The van der Waals surface area contributed by atoms with E-state index in [9.17, 15) is 0 Å². The molecule has 1 atom stereocenters. The van der Waals surface area contributed by atoms with E-state index in [2.05, 4.69) is 16.6 Å². The molecular formula is C9H16N2OS2. The first-order valence-corrected chi connectivity index (χ1v) is 6.90. The number of nitrogens with zero attached hydrogens (tertiary/aromatic N) is 1. The molecule has 0 radical (unpaired) electrons. The molecule has 0 spiro atoms. The van der Waals surface area contributed by atoms with Crippen molar-refractivity contribution in [1.82, 2.24) is 10.3 Å². The third kappa shape index (κ3) is 4.41. The van der Waals surface area contributed by atoms with Crippen LogP contribution < -0.4 is 5.32 Å². The summed E-state index contributed by atoms with van der Waals surface area (Å²) < 4.78 is 0. The van der Waals surface area contributed by atoms with Crippen LogP contribution in [0, 0.1) is 0 Å². The molecule has 0 fully saturated rings. The smallest absolute Gasteiger partial charge is 0.0795 e. The number of aliphatic hydroxyl groups excluding tert-OH is 1. The number of rotatable bonds is 7. The minimum absolute atomic E-state index is 0.198. The number of thioether (sulfide) groups is 1. The SMILES string of the molecule is CSCCC(CO)NCc1cscn1. The van der Waals surface area contributed by atoms with Crippen molar-refractivity contribution in [1.29, 1.82) is 0 Å². The molecule has 2 N–H and O–H groups in total. The molecule has 0 bridgehead atoms. The third-order valence-electron chi connectivity index (χ3n) is 1.95. The zero-order chi connectivity index (χ0) is 10.2. The van der Waals surface area contributed by atoms with Gasteiger partial charge in [0.25, 0.3) is 0 Å². The largest absolute Gasteiger partial charge is 0.395 e. The minimum atomic E-state index is 0.198. The lowest BCUT2D eigenvalue weighted by Crippen LogP contribution is -2.32. The highest BCUT2D eigenvalue weighted by molar-refractivity contribution is 7.98. The van der Waals surface area contributed by atoms with Gasteiger partial charge in [-0.3, -0.25) is 0 Å². The third-order valence-corrected chi connectivity index (χ3v) is 3.23. The van der Waals surface area contributed by atoms with E-state index in [1.165, 1.54) is 0 Å². The average Bonchev–Trinajstić information content (AvgIpc) is 2.71. The van der Waals surface area contributed by atoms with Gasteiger partial charge in [0.05, 0.1) is 17.8 Å². The molecule has 0 aliphatic carbocycles. The lowest BCUT2D eigenvalue weighted by atomic mass is 10.2. The molecule has 80 valence electrons. The summed E-state index contributed by atoms with van der Waals surface area (Å²) in [5.41, 5.74) is 2.88. The van der Waals surface area contributed by atoms with Crippen molar-refractivity contribution in [2.45, 2.75) is 19.0 Å². The highest BCUT2D eigenvalue weighted by Crippen LogP contribution is 2.03. The summed E-state index contributed by atoms with van der Waals surface area (Å²) in [4.78, 5) is 4.17. The van der Waals surface area contributed by atoms with Crippen molar-refractivity contribution in [2.24, 2.45) is 0 Å². The summed E-state index contributed by atoms with van der Waals surface area (Å²) in [6.07, 6.45) is 3.08. The van der Waals surface area contributed by atoms with Crippen molar-refractivity contribution in [3.05, 3.63) is 16.6 Å². The van der Waals surface area contributed by atoms with E-state index < -0.39 is 0 Å². The van der Waals surface area contributed by atoms with Crippen LogP contribution in [0.25, 0.3) is 0 Å². The fraction of sp³-hybridized carbons (Fsp3) is 0.667. The van der Waals surface area contributed by atoms with Gasteiger partial charge in [-0.25, -0.2) is 4.98 Å². The van der Waals surface area contributed by atoms with E-state index in [4.69, 9.17) is 5.11 Å². The summed E-state index contributed by atoms with van der Waals surface area (Å²) in [5, 5.41) is 14.4. The minimum Gasteiger partial charge on any atom is -0.395 e. The van der Waals surface area contributed by atoms with E-state index in [1.807, 2.05) is 10.9 Å². The summed E-state index contributed by atoms with van der Waals surface area (Å²) in [7, 11) is 0. The van der Waals surface area contributed by atoms with Crippen molar-refractivity contribution >= 4 is 23.1 Å². The van der Waals surface area contributed by atoms with Crippen LogP contribution in [0.4, 0.5) is 0 Å². The first-order chi connectivity index (χ1) is 6.86. The molecule has 0 saturated carbocycles. The standard InChI is InChI=1S/C9H16N2OS2/c1-13-3-2-8(5-12)10-4-9-6-14-7-11-9/h6-8,10,12H,2-5H2,1H3. The highest BCUT2D eigenvalue weighted by Gasteiger charge is 2.06. The molecule has 3 nitrogen and oxygen atoms in total. The van der Waals surface area contributed by atoms with Crippen molar-refractivity contribution < 1.29 is 5.11 Å². The number of hydrogen-bond donors (Lipinski definition) is 2. The Morgan fingerprint density at radius 1 is 1.71 bits per heavy atom. The second-order valence-electron chi connectivity index (χ2n) is 3.02. The van der Waals surface area contributed by atoms with Crippen LogP contribution in [0.2, 0.25) is 0 Å². The fourth-order valence-electron chi connectivity index (χ4n) is 1.09. The highest BCUT2D eigenvalue weighted by atomic mass is 32.2. The lowest BCUT2D eigenvalue weighted by molar-refractivity contribution is 0.238. The Morgan fingerprint density at radius 3 is 3.14 bits per heavy atom. The molecule has 0 amide bonds. The van der Waals surface area contributed by atoms with Gasteiger partial charge < -0.3 is 10.4 Å². The topological polar surface area (TPSA) is 45.1 Å². The molecule has 1 rings (SSSR count). The van der Waals surface area contributed by atoms with Gasteiger partial charge in [0.1, 0.15) is 0 Å². The van der Waals surface area contributed by atoms with E-state index in [0.717, 1.165) is 24.4 Å². The first kappa shape index (κ1) is 12.0. The molecule has 0 saturated heterocycles. The Kier molecular flexibility index (Phi) is 6.18. The number of hydrogen-bond acceptors (Lipinski definition) is 5. The molecular weight excluding hydrogens is 216 g/mol. The van der Waals surface area contributed by atoms with Crippen molar-refractivity contribution in [2.75, 3.05) is 18.6 Å². The van der Waals surface area contributed by atoms with Gasteiger partial charge in [-0.2, -0.15) is 11.8 Å². The van der Waals surface area contributed by atoms with Crippen molar-refractivity contribution in [3.8, 4) is 0 Å². The van der Waals surface area contributed by atoms with Crippen LogP contribution in [0.1, 0.15) is 12.1 Å². The monoisotopic (exact) mass is 232 g/mol. The van der Waals surface area contributed by atoms with E-state index >= 15 is 0 Å². The fourth-order valence-corrected chi connectivity index (χ4v) is 2.17. The van der Waals surface area contributed by atoms with Gasteiger partial charge >= 0.3 is 0 Å². The Balaban J connectivity index is 2.20. The predicted molar refractivity (Wildman–Crippen MR) is 62.8 cm³/mol. The summed E-state index contributed by atoms with van der Waals surface area (Å²) >= 11 is 3.40. The Morgan fingerprint density at radius 2 is 2.57 bits per heavy atom. The molecule has 1 unspecified atom stereocenters. The van der Waals surface area contributed by atoms with Crippen LogP contribution in [-0.2, 0) is 6.54 Å². The van der Waals surface area contributed by atoms with Crippen LogP contribution in [0.3, 0.4) is 0 Å². The Labute approximate surface area is 92.9 Å². The maximum atomic E-state index is 9.09. The van der Waals surface area contributed by atoms with E-state index in [1.54, 1.807) is 23.1 Å². The zero-order valence-electron chi connectivity index (χ0n) is 8.27. The maximum Gasteiger partial charge on any atom is 0.0795 e. The Bertz CT molecular complexity index is 229. The van der Waals surface area contributed by atoms with Gasteiger partial charge in [0.2, 0.25) is 0 Å². The molecule has 1 aromatic rings. The normalized spacial score (nSPS) is 13.0. The number of thiazole rings is 1. The molecule has 0 aliphatic heterocycles. The molecule has 0 aromatic carbocycles. The van der Waals surface area contributed by atoms with Gasteiger partial charge in [0, 0.05) is 18.0 Å². The zero-order valence-corrected chi connectivity index (χ0v) is 9.90. The second kappa shape index (κ2) is 7.23.